The molecule has 4 aromatic rings. The molecule has 1 unspecified atom stereocenters. The van der Waals surface area contributed by atoms with Crippen LogP contribution in [-0.2, 0) is 4.79 Å². The van der Waals surface area contributed by atoms with Gasteiger partial charge >= 0.3 is 0 Å². The Balaban J connectivity index is 1.61. The number of para-hydroxylation sites is 2. The van der Waals surface area contributed by atoms with Gasteiger partial charge in [-0.2, -0.15) is 0 Å². The van der Waals surface area contributed by atoms with E-state index in [-0.39, 0.29) is 11.2 Å². The summed E-state index contributed by atoms with van der Waals surface area (Å²) in [6, 6.07) is 11.3. The van der Waals surface area contributed by atoms with Gasteiger partial charge in [-0.25, -0.2) is 0 Å². The standard InChI is InChI=1S/C21H22N4O3S/c1-4-19(20(26)22-14-8-6-7-9-17(14)27-5-2)29-21-16-12-18-15(10-11-28-18)25(16)13(3)23-24-21/h6-12,19H,4-5H2,1-3H3,(H,22,26). The average molecular weight is 410 g/mol. The number of ether oxygens (including phenoxy) is 1. The van der Waals surface area contributed by atoms with E-state index in [1.165, 1.54) is 11.8 Å². The summed E-state index contributed by atoms with van der Waals surface area (Å²) in [5, 5.41) is 12.0. The first-order valence-electron chi connectivity index (χ1n) is 9.53. The Morgan fingerprint density at radius 3 is 2.86 bits per heavy atom. The van der Waals surface area contributed by atoms with E-state index in [2.05, 4.69) is 15.5 Å². The van der Waals surface area contributed by atoms with Gasteiger partial charge in [0.05, 0.1) is 34.8 Å². The molecule has 0 saturated carbocycles. The number of aromatic nitrogens is 3. The van der Waals surface area contributed by atoms with Crippen LogP contribution in [0.3, 0.4) is 0 Å². The van der Waals surface area contributed by atoms with Gasteiger partial charge in [0.15, 0.2) is 5.58 Å². The number of thioether (sulfide) groups is 1. The monoisotopic (exact) mass is 410 g/mol. The molecule has 0 saturated heterocycles. The number of carbonyl (C=O) groups excluding carboxylic acids is 1. The number of rotatable bonds is 7. The highest BCUT2D eigenvalue weighted by molar-refractivity contribution is 8.00. The van der Waals surface area contributed by atoms with Crippen LogP contribution in [0.4, 0.5) is 5.69 Å². The Labute approximate surface area is 172 Å². The lowest BCUT2D eigenvalue weighted by Crippen LogP contribution is -2.25. The van der Waals surface area contributed by atoms with Crippen molar-refractivity contribution in [2.24, 2.45) is 0 Å². The van der Waals surface area contributed by atoms with E-state index in [0.717, 1.165) is 22.4 Å². The van der Waals surface area contributed by atoms with E-state index >= 15 is 0 Å². The minimum atomic E-state index is -0.327. The van der Waals surface area contributed by atoms with Crippen molar-refractivity contribution in [3.63, 3.8) is 0 Å². The molecule has 0 aliphatic heterocycles. The second-order valence-electron chi connectivity index (χ2n) is 6.52. The fraction of sp³-hybridized carbons (Fsp3) is 0.286. The van der Waals surface area contributed by atoms with Gasteiger partial charge in [-0.05, 0) is 32.4 Å². The lowest BCUT2D eigenvalue weighted by molar-refractivity contribution is -0.115. The van der Waals surface area contributed by atoms with E-state index in [9.17, 15) is 4.79 Å². The second kappa shape index (κ2) is 8.16. The van der Waals surface area contributed by atoms with E-state index in [4.69, 9.17) is 9.15 Å². The number of nitrogens with one attached hydrogen (secondary N) is 1. The number of anilines is 1. The number of nitrogens with zero attached hydrogens (tertiary/aromatic N) is 3. The van der Waals surface area contributed by atoms with Gasteiger partial charge in [0.25, 0.3) is 0 Å². The third-order valence-electron chi connectivity index (χ3n) is 4.61. The maximum atomic E-state index is 13.0. The third-order valence-corrected chi connectivity index (χ3v) is 5.96. The van der Waals surface area contributed by atoms with Crippen LogP contribution in [0.15, 0.2) is 52.1 Å². The molecule has 1 N–H and O–H groups in total. The van der Waals surface area contributed by atoms with Gasteiger partial charge in [-0.3, -0.25) is 9.20 Å². The van der Waals surface area contributed by atoms with Gasteiger partial charge in [0.2, 0.25) is 5.91 Å². The molecule has 0 fully saturated rings. The smallest absolute Gasteiger partial charge is 0.238 e. The Morgan fingerprint density at radius 2 is 2.07 bits per heavy atom. The average Bonchev–Trinajstić information content (AvgIpc) is 3.31. The molecule has 8 heteroatoms. The minimum Gasteiger partial charge on any atom is -0.492 e. The quantitative estimate of drug-likeness (QED) is 0.445. The lowest BCUT2D eigenvalue weighted by atomic mass is 10.2. The van der Waals surface area contributed by atoms with Gasteiger partial charge in [-0.1, -0.05) is 30.8 Å². The predicted molar refractivity (Wildman–Crippen MR) is 114 cm³/mol. The molecule has 0 aliphatic rings. The summed E-state index contributed by atoms with van der Waals surface area (Å²) in [6.45, 7) is 6.33. The molecule has 0 spiro atoms. The molecule has 1 aromatic carbocycles. The fourth-order valence-corrected chi connectivity index (χ4v) is 4.21. The number of aryl methyl sites for hydroxylation is 1. The largest absolute Gasteiger partial charge is 0.492 e. The van der Waals surface area contributed by atoms with Crippen molar-refractivity contribution in [1.82, 2.24) is 14.6 Å². The van der Waals surface area contributed by atoms with Gasteiger partial charge in [0.1, 0.15) is 16.6 Å². The Morgan fingerprint density at radius 1 is 1.24 bits per heavy atom. The maximum Gasteiger partial charge on any atom is 0.238 e. The number of benzene rings is 1. The van der Waals surface area contributed by atoms with Crippen LogP contribution in [0, 0.1) is 6.92 Å². The van der Waals surface area contributed by atoms with Crippen LogP contribution in [0.2, 0.25) is 0 Å². The SMILES string of the molecule is CCOc1ccccc1NC(=O)C(CC)Sc1nnc(C)n2c1cc1occc12. The summed E-state index contributed by atoms with van der Waals surface area (Å²) in [7, 11) is 0. The van der Waals surface area contributed by atoms with Crippen molar-refractivity contribution in [2.75, 3.05) is 11.9 Å². The van der Waals surface area contributed by atoms with Crippen molar-refractivity contribution in [1.29, 1.82) is 0 Å². The molecule has 3 aromatic heterocycles. The van der Waals surface area contributed by atoms with E-state index < -0.39 is 0 Å². The van der Waals surface area contributed by atoms with Crippen molar-refractivity contribution in [3.8, 4) is 5.75 Å². The Bertz CT molecular complexity index is 1170. The Kier molecular flexibility index (Phi) is 5.44. The van der Waals surface area contributed by atoms with Crippen LogP contribution in [-0.4, -0.2) is 32.4 Å². The van der Waals surface area contributed by atoms with Gasteiger partial charge < -0.3 is 14.5 Å². The normalized spacial score (nSPS) is 12.4. The van der Waals surface area contributed by atoms with Crippen LogP contribution in [0.5, 0.6) is 5.75 Å². The van der Waals surface area contributed by atoms with E-state index in [1.807, 2.05) is 61.6 Å². The summed E-state index contributed by atoms with van der Waals surface area (Å²) in [6.07, 6.45) is 2.30. The van der Waals surface area contributed by atoms with Crippen LogP contribution in [0.25, 0.3) is 16.6 Å². The molecule has 1 atom stereocenters. The molecular weight excluding hydrogens is 388 g/mol. The van der Waals surface area contributed by atoms with Crippen molar-refractivity contribution in [2.45, 2.75) is 37.5 Å². The molecule has 0 radical (unpaired) electrons. The third kappa shape index (κ3) is 3.67. The van der Waals surface area contributed by atoms with E-state index in [1.54, 1.807) is 6.26 Å². The maximum absolute atomic E-state index is 13.0. The number of carbonyl (C=O) groups is 1. The fourth-order valence-electron chi connectivity index (χ4n) is 3.25. The highest BCUT2D eigenvalue weighted by Crippen LogP contribution is 2.33. The second-order valence-corrected chi connectivity index (χ2v) is 7.71. The van der Waals surface area contributed by atoms with Gasteiger partial charge in [0, 0.05) is 12.1 Å². The molecule has 29 heavy (non-hydrogen) atoms. The molecule has 0 aliphatic carbocycles. The van der Waals surface area contributed by atoms with Crippen LogP contribution < -0.4 is 10.1 Å². The number of furan rings is 1. The van der Waals surface area contributed by atoms with Crippen molar-refractivity contribution >= 4 is 40.0 Å². The molecule has 150 valence electrons. The highest BCUT2D eigenvalue weighted by atomic mass is 32.2. The summed E-state index contributed by atoms with van der Waals surface area (Å²) in [5.74, 6) is 1.33. The molecule has 7 nitrogen and oxygen atoms in total. The topological polar surface area (TPSA) is 81.7 Å². The van der Waals surface area contributed by atoms with Crippen LogP contribution in [0.1, 0.15) is 26.1 Å². The number of amides is 1. The zero-order chi connectivity index (χ0) is 20.4. The molecule has 0 bridgehead atoms. The van der Waals surface area contributed by atoms with Crippen molar-refractivity contribution < 1.29 is 13.9 Å². The number of hydrogen-bond acceptors (Lipinski definition) is 6. The summed E-state index contributed by atoms with van der Waals surface area (Å²) < 4.78 is 13.1. The lowest BCUT2D eigenvalue weighted by Gasteiger charge is -2.16. The predicted octanol–water partition coefficient (Wildman–Crippen LogP) is 4.69. The van der Waals surface area contributed by atoms with E-state index in [0.29, 0.717) is 29.5 Å². The Hall–Kier alpha value is -3.00. The molecule has 4 rings (SSSR count). The first-order chi connectivity index (χ1) is 14.1. The zero-order valence-electron chi connectivity index (χ0n) is 16.5. The van der Waals surface area contributed by atoms with Crippen LogP contribution >= 0.6 is 11.8 Å². The molecule has 3 heterocycles. The number of hydrogen-bond donors (Lipinski definition) is 1. The van der Waals surface area contributed by atoms with Gasteiger partial charge in [-0.15, -0.1) is 10.2 Å². The van der Waals surface area contributed by atoms with Crippen molar-refractivity contribution in [3.05, 3.63) is 48.5 Å². The first-order valence-corrected chi connectivity index (χ1v) is 10.4. The minimum absolute atomic E-state index is 0.0968. The number of fused-ring (bicyclic) bond motifs is 3. The highest BCUT2D eigenvalue weighted by Gasteiger charge is 2.23. The molecular formula is C21H22N4O3S. The zero-order valence-corrected chi connectivity index (χ0v) is 17.3. The first kappa shape index (κ1) is 19.3. The molecule has 1 amide bonds. The summed E-state index contributed by atoms with van der Waals surface area (Å²) in [5.41, 5.74) is 3.27. The summed E-state index contributed by atoms with van der Waals surface area (Å²) in [4.78, 5) is 13.0. The summed E-state index contributed by atoms with van der Waals surface area (Å²) >= 11 is 1.40.